The average molecular weight is 297 g/mol. The summed E-state index contributed by atoms with van der Waals surface area (Å²) in [5.74, 6) is -0.774. The number of halogens is 1. The second kappa shape index (κ2) is 6.39. The zero-order chi connectivity index (χ0) is 15.5. The third-order valence-corrected chi connectivity index (χ3v) is 3.97. The molecule has 5 nitrogen and oxygen atoms in total. The number of carbonyl (C=O) groups is 1. The van der Waals surface area contributed by atoms with Crippen LogP contribution in [-0.4, -0.2) is 29.8 Å². The Kier molecular flexibility index (Phi) is 4.77. The van der Waals surface area contributed by atoms with Crippen molar-refractivity contribution in [3.05, 3.63) is 23.6 Å². The highest BCUT2D eigenvalue weighted by Crippen LogP contribution is 2.41. The molecule has 0 aliphatic heterocycles. The summed E-state index contributed by atoms with van der Waals surface area (Å²) >= 11 is 0. The molecule has 1 heterocycles. The Morgan fingerprint density at radius 2 is 2.19 bits per heavy atom. The molecule has 1 aliphatic carbocycles. The first kappa shape index (κ1) is 15.7. The number of aliphatic hydroxyl groups is 1. The van der Waals surface area contributed by atoms with Gasteiger partial charge in [-0.15, -0.1) is 0 Å². The fraction of sp³-hybridized carbons (Fsp3) is 0.600. The van der Waals surface area contributed by atoms with Gasteiger partial charge in [-0.3, -0.25) is 4.79 Å². The van der Waals surface area contributed by atoms with Crippen molar-refractivity contribution in [2.75, 3.05) is 13.7 Å². The topological polar surface area (TPSA) is 68.7 Å². The number of methoxy groups -OCH3 is 1. The Balaban J connectivity index is 2.13. The minimum Gasteiger partial charge on any atom is -0.481 e. The lowest BCUT2D eigenvalue weighted by molar-refractivity contribution is -0.151. The number of pyridine rings is 1. The lowest BCUT2D eigenvalue weighted by Gasteiger charge is -2.35. The Hall–Kier alpha value is -1.69. The van der Waals surface area contributed by atoms with E-state index in [9.17, 15) is 14.3 Å². The van der Waals surface area contributed by atoms with Crippen LogP contribution in [0.25, 0.3) is 0 Å². The van der Waals surface area contributed by atoms with Crippen molar-refractivity contribution in [3.8, 4) is 5.88 Å². The molecule has 0 radical (unpaired) electrons. The average Bonchev–Trinajstić information content (AvgIpc) is 2.48. The van der Waals surface area contributed by atoms with Gasteiger partial charge >= 0.3 is 5.97 Å². The van der Waals surface area contributed by atoms with Crippen LogP contribution in [0.2, 0.25) is 0 Å². The second-order valence-electron chi connectivity index (χ2n) is 5.26. The van der Waals surface area contributed by atoms with Crippen molar-refractivity contribution in [1.82, 2.24) is 4.98 Å². The van der Waals surface area contributed by atoms with Crippen molar-refractivity contribution < 1.29 is 23.8 Å². The first-order valence-electron chi connectivity index (χ1n) is 7.09. The molecule has 0 amide bonds. The lowest BCUT2D eigenvalue weighted by atomic mass is 9.75. The van der Waals surface area contributed by atoms with E-state index < -0.39 is 11.4 Å². The first-order valence-corrected chi connectivity index (χ1v) is 7.09. The van der Waals surface area contributed by atoms with E-state index in [4.69, 9.17) is 9.47 Å². The number of ether oxygens (including phenoxy) is 2. The standard InChI is InChI=1S/C15H20FNO4/c1-3-21-14(18)10-4-6-15(19,7-5-10)11-8-13(20-2)17-9-12(11)16/h8-10,19H,3-7H2,1-2H3. The van der Waals surface area contributed by atoms with Gasteiger partial charge in [-0.05, 0) is 32.6 Å². The third-order valence-electron chi connectivity index (χ3n) is 3.97. The molecule has 21 heavy (non-hydrogen) atoms. The predicted molar refractivity (Wildman–Crippen MR) is 73.2 cm³/mol. The van der Waals surface area contributed by atoms with Crippen LogP contribution in [0.3, 0.4) is 0 Å². The molecule has 1 N–H and O–H groups in total. The van der Waals surface area contributed by atoms with Gasteiger partial charge in [0, 0.05) is 11.6 Å². The Morgan fingerprint density at radius 3 is 2.76 bits per heavy atom. The van der Waals surface area contributed by atoms with Crippen molar-refractivity contribution in [1.29, 1.82) is 0 Å². The van der Waals surface area contributed by atoms with E-state index in [2.05, 4.69) is 4.98 Å². The van der Waals surface area contributed by atoms with Crippen LogP contribution in [0.5, 0.6) is 5.88 Å². The Bertz CT molecular complexity index is 512. The fourth-order valence-electron chi connectivity index (χ4n) is 2.75. The van der Waals surface area contributed by atoms with Crippen molar-refractivity contribution in [2.24, 2.45) is 5.92 Å². The molecule has 0 atom stereocenters. The number of hydrogen-bond donors (Lipinski definition) is 1. The van der Waals surface area contributed by atoms with Crippen molar-refractivity contribution in [3.63, 3.8) is 0 Å². The lowest BCUT2D eigenvalue weighted by Crippen LogP contribution is -2.35. The van der Waals surface area contributed by atoms with Gasteiger partial charge in [-0.25, -0.2) is 9.37 Å². The highest BCUT2D eigenvalue weighted by Gasteiger charge is 2.39. The molecule has 0 unspecified atom stereocenters. The van der Waals surface area contributed by atoms with Crippen LogP contribution in [0.15, 0.2) is 12.3 Å². The van der Waals surface area contributed by atoms with E-state index in [0.717, 1.165) is 6.20 Å². The summed E-state index contributed by atoms with van der Waals surface area (Å²) in [6, 6.07) is 1.42. The molecular weight excluding hydrogens is 277 g/mol. The maximum Gasteiger partial charge on any atom is 0.308 e. The number of rotatable bonds is 4. The van der Waals surface area contributed by atoms with E-state index >= 15 is 0 Å². The Labute approximate surface area is 123 Å². The zero-order valence-corrected chi connectivity index (χ0v) is 12.3. The highest BCUT2D eigenvalue weighted by molar-refractivity contribution is 5.72. The quantitative estimate of drug-likeness (QED) is 0.863. The number of hydrogen-bond acceptors (Lipinski definition) is 5. The summed E-state index contributed by atoms with van der Waals surface area (Å²) in [6.45, 7) is 2.10. The van der Waals surface area contributed by atoms with Crippen molar-refractivity contribution >= 4 is 5.97 Å². The smallest absolute Gasteiger partial charge is 0.308 e. The molecule has 0 spiro atoms. The molecule has 1 aliphatic rings. The van der Waals surface area contributed by atoms with Gasteiger partial charge in [-0.1, -0.05) is 0 Å². The van der Waals surface area contributed by atoms with Gasteiger partial charge in [0.05, 0.1) is 31.4 Å². The van der Waals surface area contributed by atoms with Crippen LogP contribution >= 0.6 is 0 Å². The SMILES string of the molecule is CCOC(=O)C1CCC(O)(c2cc(OC)ncc2F)CC1. The summed E-state index contributed by atoms with van der Waals surface area (Å²) in [7, 11) is 1.44. The van der Waals surface area contributed by atoms with Crippen molar-refractivity contribution in [2.45, 2.75) is 38.2 Å². The van der Waals surface area contributed by atoms with Gasteiger partial charge < -0.3 is 14.6 Å². The highest BCUT2D eigenvalue weighted by atomic mass is 19.1. The van der Waals surface area contributed by atoms with E-state index in [-0.39, 0.29) is 23.3 Å². The molecule has 0 aromatic carbocycles. The molecular formula is C15H20FNO4. The Morgan fingerprint density at radius 1 is 1.52 bits per heavy atom. The molecule has 0 saturated heterocycles. The summed E-state index contributed by atoms with van der Waals surface area (Å²) in [6.07, 6.45) is 2.60. The monoisotopic (exact) mass is 297 g/mol. The molecule has 1 fully saturated rings. The van der Waals surface area contributed by atoms with E-state index in [1.165, 1.54) is 13.2 Å². The molecule has 2 rings (SSSR count). The largest absolute Gasteiger partial charge is 0.481 e. The fourth-order valence-corrected chi connectivity index (χ4v) is 2.75. The predicted octanol–water partition coefficient (Wildman–Crippen LogP) is 2.17. The molecule has 116 valence electrons. The summed E-state index contributed by atoms with van der Waals surface area (Å²) in [5, 5.41) is 10.7. The molecule has 1 saturated carbocycles. The van der Waals surface area contributed by atoms with Gasteiger partial charge in [0.1, 0.15) is 5.82 Å². The number of carbonyl (C=O) groups excluding carboxylic acids is 1. The van der Waals surface area contributed by atoms with Crippen LogP contribution in [0.4, 0.5) is 4.39 Å². The van der Waals surface area contributed by atoms with Crippen LogP contribution in [0.1, 0.15) is 38.2 Å². The van der Waals surface area contributed by atoms with Crippen LogP contribution in [-0.2, 0) is 15.1 Å². The maximum atomic E-state index is 13.9. The van der Waals surface area contributed by atoms with Gasteiger partial charge in [0.25, 0.3) is 0 Å². The van der Waals surface area contributed by atoms with E-state index in [1.807, 2.05) is 0 Å². The van der Waals surface area contributed by atoms with Crippen LogP contribution < -0.4 is 4.74 Å². The van der Waals surface area contributed by atoms with Crippen LogP contribution in [0, 0.1) is 11.7 Å². The third kappa shape index (κ3) is 3.32. The summed E-state index contributed by atoms with van der Waals surface area (Å²) < 4.78 is 23.9. The number of esters is 1. The molecule has 1 aromatic heterocycles. The van der Waals surface area contributed by atoms with Gasteiger partial charge in [0.2, 0.25) is 5.88 Å². The number of nitrogens with zero attached hydrogens (tertiary/aromatic N) is 1. The minimum atomic E-state index is -1.29. The van der Waals surface area contributed by atoms with E-state index in [0.29, 0.717) is 32.3 Å². The number of aromatic nitrogens is 1. The normalized spacial score (nSPS) is 25.4. The van der Waals surface area contributed by atoms with E-state index in [1.54, 1.807) is 6.92 Å². The van der Waals surface area contributed by atoms with Gasteiger partial charge in [-0.2, -0.15) is 0 Å². The maximum absolute atomic E-state index is 13.9. The van der Waals surface area contributed by atoms with Gasteiger partial charge in [0.15, 0.2) is 0 Å². The second-order valence-corrected chi connectivity index (χ2v) is 5.26. The first-order chi connectivity index (χ1) is 10.00. The molecule has 6 heteroatoms. The zero-order valence-electron chi connectivity index (χ0n) is 12.3. The summed E-state index contributed by atoms with van der Waals surface area (Å²) in [5.41, 5.74) is -1.11. The molecule has 0 bridgehead atoms. The summed E-state index contributed by atoms with van der Waals surface area (Å²) in [4.78, 5) is 15.5. The molecule has 1 aromatic rings. The minimum absolute atomic E-state index is 0.177.